The Labute approximate surface area is 124 Å². The molecule has 0 bridgehead atoms. The van der Waals surface area contributed by atoms with Crippen LogP contribution in [0.15, 0.2) is 24.3 Å². The molecule has 0 radical (unpaired) electrons. The lowest BCUT2D eigenvalue weighted by molar-refractivity contribution is -0.157. The van der Waals surface area contributed by atoms with Crippen LogP contribution >= 0.6 is 0 Å². The normalized spacial score (nSPS) is 12.6. The third-order valence-electron chi connectivity index (χ3n) is 2.69. The molecule has 0 saturated carbocycles. The van der Waals surface area contributed by atoms with E-state index in [4.69, 9.17) is 14.6 Å². The summed E-state index contributed by atoms with van der Waals surface area (Å²) in [5.41, 5.74) is 0.202. The minimum atomic E-state index is -0.864. The average Bonchev–Trinajstić information content (AvgIpc) is 2.35. The average molecular weight is 294 g/mol. The number of hydrogen-bond donors (Lipinski definition) is 1. The summed E-state index contributed by atoms with van der Waals surface area (Å²) in [6.45, 7) is 6.79. The van der Waals surface area contributed by atoms with Gasteiger partial charge in [0.25, 0.3) is 0 Å². The van der Waals surface area contributed by atoms with E-state index in [9.17, 15) is 9.59 Å². The van der Waals surface area contributed by atoms with Gasteiger partial charge in [-0.2, -0.15) is 0 Å². The number of benzene rings is 1. The maximum Gasteiger partial charge on any atom is 0.344 e. The van der Waals surface area contributed by atoms with Crippen molar-refractivity contribution >= 4 is 11.9 Å². The zero-order valence-electron chi connectivity index (χ0n) is 12.9. The first-order chi connectivity index (χ1) is 9.69. The van der Waals surface area contributed by atoms with Crippen molar-refractivity contribution in [2.24, 2.45) is 5.92 Å². The summed E-state index contributed by atoms with van der Waals surface area (Å²) in [7, 11) is 0. The molecule has 1 atom stereocenters. The molecule has 0 amide bonds. The largest absolute Gasteiger partial charge is 0.482 e. The van der Waals surface area contributed by atoms with Crippen LogP contribution in [0.3, 0.4) is 0 Å². The van der Waals surface area contributed by atoms with Gasteiger partial charge in [0, 0.05) is 0 Å². The number of ether oxygens (including phenoxy) is 2. The van der Waals surface area contributed by atoms with Gasteiger partial charge in [-0.05, 0) is 38.8 Å². The Bertz CT molecular complexity index is 502. The summed E-state index contributed by atoms with van der Waals surface area (Å²) < 4.78 is 10.6. The topological polar surface area (TPSA) is 72.8 Å². The molecule has 5 heteroatoms. The second-order valence-electron chi connectivity index (χ2n) is 5.93. The number of para-hydroxylation sites is 1. The van der Waals surface area contributed by atoms with Gasteiger partial charge in [0.2, 0.25) is 0 Å². The Morgan fingerprint density at radius 3 is 2.43 bits per heavy atom. The molecule has 1 aromatic rings. The van der Waals surface area contributed by atoms with Crippen LogP contribution in [0, 0.1) is 5.92 Å². The lowest BCUT2D eigenvalue weighted by Gasteiger charge is -2.20. The van der Waals surface area contributed by atoms with Gasteiger partial charge >= 0.3 is 11.9 Å². The van der Waals surface area contributed by atoms with Crippen molar-refractivity contribution in [3.8, 4) is 5.75 Å². The van der Waals surface area contributed by atoms with Gasteiger partial charge in [-0.25, -0.2) is 4.79 Å². The Morgan fingerprint density at radius 1 is 1.24 bits per heavy atom. The molecular weight excluding hydrogens is 272 g/mol. The summed E-state index contributed by atoms with van der Waals surface area (Å²) in [6, 6.07) is 7.10. The molecule has 1 rings (SSSR count). The molecule has 0 aromatic heterocycles. The smallest absolute Gasteiger partial charge is 0.344 e. The summed E-state index contributed by atoms with van der Waals surface area (Å²) in [6.07, 6.45) is 0.347. The van der Waals surface area contributed by atoms with Gasteiger partial charge in [0.15, 0.2) is 6.61 Å². The van der Waals surface area contributed by atoms with Crippen molar-refractivity contribution in [1.29, 1.82) is 0 Å². The molecule has 0 spiro atoms. The fourth-order valence-corrected chi connectivity index (χ4v) is 1.74. The van der Waals surface area contributed by atoms with E-state index in [1.807, 2.05) is 6.07 Å². The molecule has 0 aliphatic heterocycles. The Hall–Kier alpha value is -2.04. The molecule has 0 fully saturated rings. The number of esters is 1. The Kier molecular flexibility index (Phi) is 5.76. The fourth-order valence-electron chi connectivity index (χ4n) is 1.74. The van der Waals surface area contributed by atoms with Crippen LogP contribution in [0.25, 0.3) is 0 Å². The van der Waals surface area contributed by atoms with E-state index >= 15 is 0 Å². The molecule has 21 heavy (non-hydrogen) atoms. The highest BCUT2D eigenvalue weighted by Crippen LogP contribution is 2.21. The van der Waals surface area contributed by atoms with Crippen LogP contribution in [0.2, 0.25) is 0 Å². The fraction of sp³-hybridized carbons (Fsp3) is 0.500. The lowest BCUT2D eigenvalue weighted by atomic mass is 10.0. The van der Waals surface area contributed by atoms with Crippen molar-refractivity contribution in [1.82, 2.24) is 0 Å². The highest BCUT2D eigenvalue weighted by molar-refractivity contribution is 5.72. The minimum absolute atomic E-state index is 0.199. The van der Waals surface area contributed by atoms with Gasteiger partial charge < -0.3 is 14.6 Å². The molecule has 0 aliphatic carbocycles. The highest BCUT2D eigenvalue weighted by atomic mass is 16.6. The first-order valence-corrected chi connectivity index (χ1v) is 6.84. The predicted molar refractivity (Wildman–Crippen MR) is 78.3 cm³/mol. The number of rotatable bonds is 6. The van der Waals surface area contributed by atoms with Crippen molar-refractivity contribution < 1.29 is 24.2 Å². The van der Waals surface area contributed by atoms with Gasteiger partial charge in [-0.3, -0.25) is 4.79 Å². The van der Waals surface area contributed by atoms with Gasteiger partial charge in [-0.1, -0.05) is 25.1 Å². The number of carboxylic acids is 1. The minimum Gasteiger partial charge on any atom is -0.482 e. The molecule has 116 valence electrons. The number of aliphatic carboxylic acids is 1. The molecule has 0 heterocycles. The molecule has 1 unspecified atom stereocenters. The Morgan fingerprint density at radius 2 is 1.86 bits per heavy atom. The predicted octanol–water partition coefficient (Wildman–Crippen LogP) is 2.67. The monoisotopic (exact) mass is 294 g/mol. The zero-order valence-corrected chi connectivity index (χ0v) is 12.9. The summed E-state index contributed by atoms with van der Waals surface area (Å²) >= 11 is 0. The van der Waals surface area contributed by atoms with E-state index in [2.05, 4.69) is 0 Å². The van der Waals surface area contributed by atoms with Crippen LogP contribution in [-0.2, 0) is 20.7 Å². The number of hydrogen-bond acceptors (Lipinski definition) is 4. The van der Waals surface area contributed by atoms with Crippen LogP contribution in [0.1, 0.15) is 33.3 Å². The second-order valence-corrected chi connectivity index (χ2v) is 5.93. The quantitative estimate of drug-likeness (QED) is 0.817. The molecule has 1 aromatic carbocycles. The van der Waals surface area contributed by atoms with Gasteiger partial charge in [0.1, 0.15) is 11.4 Å². The maximum absolute atomic E-state index is 11.6. The van der Waals surface area contributed by atoms with E-state index in [-0.39, 0.29) is 6.61 Å². The lowest BCUT2D eigenvalue weighted by Crippen LogP contribution is -2.27. The van der Waals surface area contributed by atoms with Crippen LogP contribution in [-0.4, -0.2) is 29.3 Å². The third-order valence-corrected chi connectivity index (χ3v) is 2.69. The molecular formula is C16H22O5. The van der Waals surface area contributed by atoms with Crippen LogP contribution in [0.4, 0.5) is 0 Å². The van der Waals surface area contributed by atoms with Gasteiger partial charge in [0.05, 0.1) is 5.92 Å². The first kappa shape index (κ1) is 17.0. The standard InChI is InChI=1S/C16H22O5/c1-11(15(18)19)9-12-7-5-6-8-13(12)20-10-14(17)21-16(2,3)4/h5-8,11H,9-10H2,1-4H3,(H,18,19). The van der Waals surface area contributed by atoms with E-state index in [1.165, 1.54) is 0 Å². The molecule has 5 nitrogen and oxygen atoms in total. The van der Waals surface area contributed by atoms with Crippen molar-refractivity contribution in [2.45, 2.75) is 39.7 Å². The van der Waals surface area contributed by atoms with E-state index in [0.717, 1.165) is 5.56 Å². The van der Waals surface area contributed by atoms with Crippen LogP contribution in [0.5, 0.6) is 5.75 Å². The van der Waals surface area contributed by atoms with E-state index in [1.54, 1.807) is 45.9 Å². The third kappa shape index (κ3) is 6.29. The van der Waals surface area contributed by atoms with Crippen LogP contribution < -0.4 is 4.74 Å². The number of carbonyl (C=O) groups excluding carboxylic acids is 1. The molecule has 0 saturated heterocycles. The summed E-state index contributed by atoms with van der Waals surface area (Å²) in [5, 5.41) is 8.96. The number of carboxylic acid groups (broad SMARTS) is 1. The van der Waals surface area contributed by atoms with E-state index < -0.39 is 23.5 Å². The van der Waals surface area contributed by atoms with Crippen molar-refractivity contribution in [3.63, 3.8) is 0 Å². The second kappa shape index (κ2) is 7.11. The van der Waals surface area contributed by atoms with E-state index in [0.29, 0.717) is 12.2 Å². The molecule has 1 N–H and O–H groups in total. The van der Waals surface area contributed by atoms with Crippen molar-refractivity contribution in [3.05, 3.63) is 29.8 Å². The first-order valence-electron chi connectivity index (χ1n) is 6.84. The summed E-state index contributed by atoms with van der Waals surface area (Å²) in [4.78, 5) is 22.6. The summed E-state index contributed by atoms with van der Waals surface area (Å²) in [5.74, 6) is -1.33. The maximum atomic E-state index is 11.6. The van der Waals surface area contributed by atoms with Gasteiger partial charge in [-0.15, -0.1) is 0 Å². The number of carbonyl (C=O) groups is 2. The molecule has 0 aliphatic rings. The van der Waals surface area contributed by atoms with Crippen molar-refractivity contribution in [2.75, 3.05) is 6.61 Å². The zero-order chi connectivity index (χ0) is 16.0. The Balaban J connectivity index is 2.67. The highest BCUT2D eigenvalue weighted by Gasteiger charge is 2.18. The SMILES string of the molecule is CC(Cc1ccccc1OCC(=O)OC(C)(C)C)C(=O)O.